The summed E-state index contributed by atoms with van der Waals surface area (Å²) in [7, 11) is 2.18. The number of rotatable bonds is 3. The Bertz CT molecular complexity index is 1900. The van der Waals surface area contributed by atoms with Crippen molar-refractivity contribution in [2.24, 2.45) is 4.99 Å². The molecule has 5 aromatic rings. The number of nitrogens with one attached hydrogen (secondary N) is 1. The fourth-order valence-electron chi connectivity index (χ4n) is 7.30. The quantitative estimate of drug-likeness (QED) is 0.241. The van der Waals surface area contributed by atoms with Gasteiger partial charge in [0.15, 0.2) is 6.29 Å². The third-order valence-electron chi connectivity index (χ3n) is 9.29. The lowest BCUT2D eigenvalue weighted by atomic mass is 9.77. The van der Waals surface area contributed by atoms with Crippen molar-refractivity contribution in [1.29, 1.82) is 0 Å². The van der Waals surface area contributed by atoms with E-state index in [9.17, 15) is 0 Å². The molecule has 43 heavy (non-hydrogen) atoms. The third-order valence-corrected chi connectivity index (χ3v) is 9.29. The zero-order chi connectivity index (χ0) is 29.1. The zero-order valence-electron chi connectivity index (χ0n) is 24.7. The normalized spacial score (nSPS) is 20.3. The molecule has 2 unspecified atom stereocenters. The number of hydrogen-bond donors (Lipinski definition) is 1. The summed E-state index contributed by atoms with van der Waals surface area (Å²) in [5.74, 6) is 0.892. The fourth-order valence-corrected chi connectivity index (χ4v) is 7.30. The van der Waals surface area contributed by atoms with Crippen LogP contribution in [-0.2, 0) is 5.41 Å². The molecule has 0 spiro atoms. The number of fused-ring (bicyclic) bond motifs is 6. The monoisotopic (exact) mass is 558 g/mol. The van der Waals surface area contributed by atoms with E-state index in [0.29, 0.717) is 0 Å². The molecule has 0 saturated carbocycles. The molecule has 8 rings (SSSR count). The van der Waals surface area contributed by atoms with Gasteiger partial charge in [0.2, 0.25) is 0 Å². The molecule has 0 amide bonds. The van der Waals surface area contributed by atoms with Gasteiger partial charge in [-0.2, -0.15) is 0 Å². The minimum Gasteiger partial charge on any atom is -0.350 e. The molecular weight excluding hydrogens is 524 g/mol. The Labute approximate surface area is 253 Å². The van der Waals surface area contributed by atoms with Gasteiger partial charge < -0.3 is 10.2 Å². The molecule has 4 heteroatoms. The Kier molecular flexibility index (Phi) is 5.88. The minimum atomic E-state index is -0.303. The highest BCUT2D eigenvalue weighted by atomic mass is 15.5. The Morgan fingerprint density at radius 1 is 0.628 bits per heavy atom. The predicted octanol–water partition coefficient (Wildman–Crippen LogP) is 8.35. The SMILES string of the molecule is CN1C(c2ccccc2)NC(c2ccccc2)=NC1N1c2ccccc2C2=C(c3ccccc31)C(C)(C)c1ccccc12. The van der Waals surface area contributed by atoms with Crippen LogP contribution in [0.15, 0.2) is 138 Å². The Morgan fingerprint density at radius 3 is 1.91 bits per heavy atom. The van der Waals surface area contributed by atoms with Crippen LogP contribution in [0.2, 0.25) is 0 Å². The molecule has 5 aromatic carbocycles. The van der Waals surface area contributed by atoms with Gasteiger partial charge >= 0.3 is 0 Å². The van der Waals surface area contributed by atoms with Crippen molar-refractivity contribution in [3.8, 4) is 0 Å². The molecule has 0 radical (unpaired) electrons. The Balaban J connectivity index is 1.40. The molecule has 3 aliphatic rings. The number of anilines is 2. The molecule has 0 bridgehead atoms. The summed E-state index contributed by atoms with van der Waals surface area (Å²) < 4.78 is 0. The Morgan fingerprint density at radius 2 is 1.19 bits per heavy atom. The van der Waals surface area contributed by atoms with Crippen LogP contribution >= 0.6 is 0 Å². The van der Waals surface area contributed by atoms with Crippen LogP contribution in [0.1, 0.15) is 53.4 Å². The molecular formula is C39H34N4. The van der Waals surface area contributed by atoms with Crippen LogP contribution in [-0.4, -0.2) is 24.1 Å². The number of amidine groups is 1. The van der Waals surface area contributed by atoms with E-state index in [4.69, 9.17) is 4.99 Å². The van der Waals surface area contributed by atoms with Crippen molar-refractivity contribution in [1.82, 2.24) is 10.2 Å². The van der Waals surface area contributed by atoms with E-state index in [0.717, 1.165) is 17.1 Å². The van der Waals surface area contributed by atoms with Gasteiger partial charge in [-0.3, -0.25) is 0 Å². The maximum atomic E-state index is 5.49. The topological polar surface area (TPSA) is 30.9 Å². The molecule has 2 heterocycles. The molecule has 4 nitrogen and oxygen atoms in total. The van der Waals surface area contributed by atoms with Gasteiger partial charge in [-0.1, -0.05) is 135 Å². The van der Waals surface area contributed by atoms with Gasteiger partial charge in [0, 0.05) is 22.1 Å². The van der Waals surface area contributed by atoms with Crippen molar-refractivity contribution < 1.29 is 0 Å². The summed E-state index contributed by atoms with van der Waals surface area (Å²) in [6.07, 6.45) is -0.374. The van der Waals surface area contributed by atoms with Crippen molar-refractivity contribution in [3.05, 3.63) is 167 Å². The maximum Gasteiger partial charge on any atom is 0.186 e. The number of allylic oxidation sites excluding steroid dienone is 1. The van der Waals surface area contributed by atoms with Crippen LogP contribution in [0, 0.1) is 0 Å². The van der Waals surface area contributed by atoms with E-state index in [1.807, 2.05) is 0 Å². The lowest BCUT2D eigenvalue weighted by Crippen LogP contribution is -2.55. The summed E-state index contributed by atoms with van der Waals surface area (Å²) in [5.41, 5.74) is 12.4. The molecule has 0 aromatic heterocycles. The first-order valence-electron chi connectivity index (χ1n) is 15.0. The largest absolute Gasteiger partial charge is 0.350 e. The number of nitrogens with zero attached hydrogens (tertiary/aromatic N) is 3. The second-order valence-electron chi connectivity index (χ2n) is 12.1. The van der Waals surface area contributed by atoms with Crippen molar-refractivity contribution in [3.63, 3.8) is 0 Å². The highest BCUT2D eigenvalue weighted by Crippen LogP contribution is 2.58. The van der Waals surface area contributed by atoms with E-state index in [1.165, 1.54) is 44.7 Å². The molecule has 210 valence electrons. The summed E-state index contributed by atoms with van der Waals surface area (Å²) >= 11 is 0. The first kappa shape index (κ1) is 25.8. The summed E-state index contributed by atoms with van der Waals surface area (Å²) in [4.78, 5) is 10.3. The van der Waals surface area contributed by atoms with Crippen LogP contribution in [0.25, 0.3) is 11.1 Å². The number of aliphatic imine (C=N–C) groups is 1. The average molecular weight is 559 g/mol. The van der Waals surface area contributed by atoms with Gasteiger partial charge in [-0.05, 0) is 47.0 Å². The molecule has 1 N–H and O–H groups in total. The van der Waals surface area contributed by atoms with Gasteiger partial charge in [0.1, 0.15) is 12.0 Å². The molecule has 1 aliphatic carbocycles. The molecule has 2 atom stereocenters. The predicted molar refractivity (Wildman–Crippen MR) is 177 cm³/mol. The number of para-hydroxylation sites is 2. The summed E-state index contributed by atoms with van der Waals surface area (Å²) in [5, 5.41) is 3.77. The molecule has 0 saturated heterocycles. The van der Waals surface area contributed by atoms with Crippen molar-refractivity contribution >= 4 is 28.4 Å². The van der Waals surface area contributed by atoms with Gasteiger partial charge in [0.05, 0.1) is 11.4 Å². The summed E-state index contributed by atoms with van der Waals surface area (Å²) in [6, 6.07) is 47.9. The van der Waals surface area contributed by atoms with E-state index in [1.54, 1.807) is 0 Å². The fraction of sp³-hybridized carbons (Fsp3) is 0.154. The second-order valence-corrected chi connectivity index (χ2v) is 12.1. The van der Waals surface area contributed by atoms with Crippen molar-refractivity contribution in [2.75, 3.05) is 11.9 Å². The zero-order valence-corrected chi connectivity index (χ0v) is 24.7. The van der Waals surface area contributed by atoms with E-state index >= 15 is 0 Å². The third kappa shape index (κ3) is 3.90. The molecule has 0 fully saturated rings. The van der Waals surface area contributed by atoms with Crippen LogP contribution in [0.4, 0.5) is 11.4 Å². The van der Waals surface area contributed by atoms with Crippen LogP contribution in [0.5, 0.6) is 0 Å². The van der Waals surface area contributed by atoms with Crippen LogP contribution in [0.3, 0.4) is 0 Å². The highest BCUT2D eigenvalue weighted by molar-refractivity contribution is 6.13. The van der Waals surface area contributed by atoms with E-state index < -0.39 is 0 Å². The summed E-state index contributed by atoms with van der Waals surface area (Å²) in [6.45, 7) is 4.74. The van der Waals surface area contributed by atoms with Gasteiger partial charge in [0.25, 0.3) is 0 Å². The van der Waals surface area contributed by atoms with Crippen LogP contribution < -0.4 is 10.2 Å². The van der Waals surface area contributed by atoms with Gasteiger partial charge in [-0.25, -0.2) is 9.89 Å². The molecule has 2 aliphatic heterocycles. The first-order chi connectivity index (χ1) is 21.0. The lowest BCUT2D eigenvalue weighted by molar-refractivity contribution is 0.154. The van der Waals surface area contributed by atoms with Crippen molar-refractivity contribution in [2.45, 2.75) is 31.7 Å². The van der Waals surface area contributed by atoms with E-state index in [2.05, 4.69) is 169 Å². The number of hydrogen-bond acceptors (Lipinski definition) is 4. The van der Waals surface area contributed by atoms with E-state index in [-0.39, 0.29) is 17.9 Å². The second kappa shape index (κ2) is 9.82. The maximum absolute atomic E-state index is 5.49. The smallest absolute Gasteiger partial charge is 0.186 e. The Hall–Kier alpha value is -4.93. The highest BCUT2D eigenvalue weighted by Gasteiger charge is 2.44. The minimum absolute atomic E-state index is 0.0709. The first-order valence-corrected chi connectivity index (χ1v) is 15.0. The standard InChI is InChI=1S/C39H34N4/c1-39(2)31-23-13-10-20-28(31)34-29-21-11-14-24-32(29)43(33-25-15-12-22-30(33)35(34)39)38-41-36(26-16-6-4-7-17-26)40-37(42(38)3)27-18-8-5-9-19-27/h4-25,37-38H,1-3H3,(H,40,41). The number of benzene rings is 5. The lowest BCUT2D eigenvalue weighted by Gasteiger charge is -2.45. The average Bonchev–Trinajstić information content (AvgIpc) is 3.20. The van der Waals surface area contributed by atoms with Gasteiger partial charge in [-0.15, -0.1) is 0 Å².